The first-order chi connectivity index (χ1) is 17.7. The van der Waals surface area contributed by atoms with Crippen molar-refractivity contribution in [2.45, 2.75) is 37.6 Å². The van der Waals surface area contributed by atoms with Crippen molar-refractivity contribution >= 4 is 39.1 Å². The number of amides is 2. The van der Waals surface area contributed by atoms with Gasteiger partial charge in [0.25, 0.3) is 11.8 Å². The van der Waals surface area contributed by atoms with Gasteiger partial charge in [0.2, 0.25) is 10.0 Å². The van der Waals surface area contributed by atoms with E-state index in [0.717, 1.165) is 18.4 Å². The number of benzene rings is 3. The van der Waals surface area contributed by atoms with E-state index >= 15 is 0 Å². The average molecular weight is 540 g/mol. The van der Waals surface area contributed by atoms with Gasteiger partial charge in [0.15, 0.2) is 0 Å². The molecular weight excluding hydrogens is 510 g/mol. The van der Waals surface area contributed by atoms with Crippen LogP contribution in [0.5, 0.6) is 0 Å². The smallest absolute Gasteiger partial charge is 0.257 e. The van der Waals surface area contributed by atoms with Crippen molar-refractivity contribution < 1.29 is 18.0 Å². The van der Waals surface area contributed by atoms with Gasteiger partial charge < -0.3 is 10.6 Å². The first kappa shape index (κ1) is 26.9. The molecular formula is C28H30ClN3O4S. The zero-order valence-corrected chi connectivity index (χ0v) is 22.4. The first-order valence-electron chi connectivity index (χ1n) is 12.2. The molecule has 0 aromatic heterocycles. The minimum absolute atomic E-state index is 0.0133. The molecule has 2 N–H and O–H groups in total. The Kier molecular flexibility index (Phi) is 8.32. The highest BCUT2D eigenvalue weighted by Gasteiger charge is 2.29. The molecule has 1 fully saturated rings. The SMILES string of the molecule is CC1CCN(S(=O)(=O)c2ccc(Cl)c(C(=O)Nc3ccccc3C(=O)NC(C)c3ccccc3)c2)CC1. The van der Waals surface area contributed by atoms with Crippen LogP contribution in [0.15, 0.2) is 77.7 Å². The van der Waals surface area contributed by atoms with Gasteiger partial charge in [0, 0.05) is 13.1 Å². The number of sulfonamides is 1. The third-order valence-electron chi connectivity index (χ3n) is 6.63. The number of anilines is 1. The predicted molar refractivity (Wildman–Crippen MR) is 145 cm³/mol. The van der Waals surface area contributed by atoms with Gasteiger partial charge in [-0.2, -0.15) is 4.31 Å². The fraction of sp³-hybridized carbons (Fsp3) is 0.286. The molecule has 37 heavy (non-hydrogen) atoms. The number of piperidine rings is 1. The van der Waals surface area contributed by atoms with E-state index in [1.54, 1.807) is 24.3 Å². The van der Waals surface area contributed by atoms with Gasteiger partial charge in [0.1, 0.15) is 0 Å². The van der Waals surface area contributed by atoms with E-state index in [2.05, 4.69) is 17.6 Å². The van der Waals surface area contributed by atoms with E-state index in [1.807, 2.05) is 37.3 Å². The third-order valence-corrected chi connectivity index (χ3v) is 8.85. The van der Waals surface area contributed by atoms with E-state index in [4.69, 9.17) is 11.6 Å². The Morgan fingerprint density at radius 3 is 2.27 bits per heavy atom. The highest BCUT2D eigenvalue weighted by Crippen LogP contribution is 2.27. The molecule has 1 heterocycles. The largest absolute Gasteiger partial charge is 0.345 e. The summed E-state index contributed by atoms with van der Waals surface area (Å²) >= 11 is 6.30. The molecule has 0 radical (unpaired) electrons. The van der Waals surface area contributed by atoms with E-state index < -0.39 is 15.9 Å². The van der Waals surface area contributed by atoms with Gasteiger partial charge in [-0.15, -0.1) is 0 Å². The second kappa shape index (κ2) is 11.5. The van der Waals surface area contributed by atoms with Crippen LogP contribution in [0.1, 0.15) is 59.0 Å². The molecule has 9 heteroatoms. The van der Waals surface area contributed by atoms with Crippen molar-refractivity contribution in [1.29, 1.82) is 0 Å². The van der Waals surface area contributed by atoms with Crippen LogP contribution in [0.2, 0.25) is 5.02 Å². The third kappa shape index (κ3) is 6.21. The van der Waals surface area contributed by atoms with E-state index in [-0.39, 0.29) is 33.0 Å². The molecule has 1 aliphatic heterocycles. The number of halogens is 1. The lowest BCUT2D eigenvalue weighted by molar-refractivity contribution is 0.0940. The van der Waals surface area contributed by atoms with Crippen LogP contribution in [-0.2, 0) is 10.0 Å². The van der Waals surface area contributed by atoms with Gasteiger partial charge >= 0.3 is 0 Å². The summed E-state index contributed by atoms with van der Waals surface area (Å²) in [5.41, 5.74) is 1.53. The minimum Gasteiger partial charge on any atom is -0.345 e. The number of nitrogens with one attached hydrogen (secondary N) is 2. The maximum absolute atomic E-state index is 13.2. The summed E-state index contributed by atoms with van der Waals surface area (Å²) in [4.78, 5) is 26.3. The van der Waals surface area contributed by atoms with Gasteiger partial charge in [-0.3, -0.25) is 9.59 Å². The lowest BCUT2D eigenvalue weighted by atomic mass is 10.0. The Labute approximate surface area is 222 Å². The summed E-state index contributed by atoms with van der Waals surface area (Å²) in [5.74, 6) is -0.481. The highest BCUT2D eigenvalue weighted by molar-refractivity contribution is 7.89. The lowest BCUT2D eigenvalue weighted by Crippen LogP contribution is -2.38. The fourth-order valence-corrected chi connectivity index (χ4v) is 5.99. The molecule has 3 aromatic rings. The predicted octanol–water partition coefficient (Wildman–Crippen LogP) is 5.50. The van der Waals surface area contributed by atoms with E-state index in [1.165, 1.54) is 22.5 Å². The molecule has 2 amide bonds. The average Bonchev–Trinajstić information content (AvgIpc) is 2.89. The van der Waals surface area contributed by atoms with Crippen LogP contribution in [0, 0.1) is 5.92 Å². The number of hydrogen-bond acceptors (Lipinski definition) is 4. The molecule has 0 saturated carbocycles. The van der Waals surface area contributed by atoms with Crippen LogP contribution >= 0.6 is 11.6 Å². The molecule has 3 aromatic carbocycles. The lowest BCUT2D eigenvalue weighted by Gasteiger charge is -2.29. The van der Waals surface area contributed by atoms with Gasteiger partial charge in [-0.25, -0.2) is 8.42 Å². The highest BCUT2D eigenvalue weighted by atomic mass is 35.5. The van der Waals surface area contributed by atoms with Crippen LogP contribution < -0.4 is 10.6 Å². The number of hydrogen-bond donors (Lipinski definition) is 2. The number of para-hydroxylation sites is 1. The number of carbonyl (C=O) groups is 2. The van der Waals surface area contributed by atoms with E-state index in [0.29, 0.717) is 24.7 Å². The van der Waals surface area contributed by atoms with Crippen molar-refractivity contribution in [1.82, 2.24) is 9.62 Å². The molecule has 194 valence electrons. The van der Waals surface area contributed by atoms with E-state index in [9.17, 15) is 18.0 Å². The van der Waals surface area contributed by atoms with Crippen LogP contribution in [0.25, 0.3) is 0 Å². The molecule has 1 saturated heterocycles. The zero-order valence-electron chi connectivity index (χ0n) is 20.8. The zero-order chi connectivity index (χ0) is 26.6. The molecule has 4 rings (SSSR count). The first-order valence-corrected chi connectivity index (χ1v) is 14.0. The van der Waals surface area contributed by atoms with Crippen molar-refractivity contribution in [2.75, 3.05) is 18.4 Å². The molecule has 0 aliphatic carbocycles. The van der Waals surface area contributed by atoms with Gasteiger partial charge in [-0.1, -0.05) is 61.0 Å². The Bertz CT molecular complexity index is 1390. The summed E-state index contributed by atoms with van der Waals surface area (Å²) < 4.78 is 27.8. The van der Waals surface area contributed by atoms with Gasteiger partial charge in [0.05, 0.1) is 32.8 Å². The van der Waals surface area contributed by atoms with Crippen molar-refractivity contribution in [3.05, 3.63) is 94.5 Å². The number of rotatable bonds is 7. The van der Waals surface area contributed by atoms with Crippen molar-refractivity contribution in [3.63, 3.8) is 0 Å². The monoisotopic (exact) mass is 539 g/mol. The Balaban J connectivity index is 1.54. The Hall–Kier alpha value is -3.20. The molecule has 1 aliphatic rings. The molecule has 7 nitrogen and oxygen atoms in total. The normalized spacial score (nSPS) is 15.6. The number of carbonyl (C=O) groups excluding carboxylic acids is 2. The summed E-state index contributed by atoms with van der Waals surface area (Å²) in [5, 5.41) is 5.79. The van der Waals surface area contributed by atoms with Crippen molar-refractivity contribution in [2.24, 2.45) is 5.92 Å². The second-order valence-electron chi connectivity index (χ2n) is 9.33. The second-order valence-corrected chi connectivity index (χ2v) is 11.7. The quantitative estimate of drug-likeness (QED) is 0.414. The summed E-state index contributed by atoms with van der Waals surface area (Å²) in [6.07, 6.45) is 1.59. The topological polar surface area (TPSA) is 95.6 Å². The Morgan fingerprint density at radius 2 is 1.57 bits per heavy atom. The van der Waals surface area contributed by atoms with Crippen LogP contribution in [0.3, 0.4) is 0 Å². The maximum atomic E-state index is 13.2. The molecule has 0 spiro atoms. The Morgan fingerprint density at radius 1 is 0.919 bits per heavy atom. The summed E-state index contributed by atoms with van der Waals surface area (Å²) in [6, 6.07) is 20.1. The fourth-order valence-electron chi connectivity index (χ4n) is 4.29. The molecule has 1 atom stereocenters. The molecule has 1 unspecified atom stereocenters. The van der Waals surface area contributed by atoms with Crippen LogP contribution in [-0.4, -0.2) is 37.6 Å². The summed E-state index contributed by atoms with van der Waals surface area (Å²) in [6.45, 7) is 4.87. The standard InChI is InChI=1S/C28H30ClN3O4S/c1-19-14-16-32(17-15-19)37(35,36)22-12-13-25(29)24(18-22)28(34)31-26-11-7-6-10-23(26)27(33)30-20(2)21-8-4-3-5-9-21/h3-13,18-20H,14-17H2,1-2H3,(H,30,33)(H,31,34). The maximum Gasteiger partial charge on any atom is 0.257 e. The number of nitrogens with zero attached hydrogens (tertiary/aromatic N) is 1. The molecule has 0 bridgehead atoms. The van der Waals surface area contributed by atoms with Crippen LogP contribution in [0.4, 0.5) is 5.69 Å². The van der Waals surface area contributed by atoms with Gasteiger partial charge in [-0.05, 0) is 61.6 Å². The minimum atomic E-state index is -3.76. The van der Waals surface area contributed by atoms with Crippen molar-refractivity contribution in [3.8, 4) is 0 Å². The summed E-state index contributed by atoms with van der Waals surface area (Å²) in [7, 11) is -3.76.